The van der Waals surface area contributed by atoms with Crippen molar-refractivity contribution < 1.29 is 9.59 Å². The Bertz CT molecular complexity index is 877. The van der Waals surface area contributed by atoms with Crippen LogP contribution in [0.4, 0.5) is 0 Å². The van der Waals surface area contributed by atoms with Crippen LogP contribution in [0.15, 0.2) is 91.0 Å². The van der Waals surface area contributed by atoms with Crippen LogP contribution in [0.2, 0.25) is 0 Å². The van der Waals surface area contributed by atoms with E-state index in [1.807, 2.05) is 91.0 Å². The molecule has 5 heteroatoms. The molecule has 1 aliphatic heterocycles. The molecule has 0 bridgehead atoms. The van der Waals surface area contributed by atoms with Gasteiger partial charge in [0.1, 0.15) is 0 Å². The van der Waals surface area contributed by atoms with Crippen molar-refractivity contribution in [3.8, 4) is 0 Å². The van der Waals surface area contributed by atoms with E-state index in [9.17, 15) is 9.59 Å². The molecule has 3 aromatic carbocycles. The molecule has 0 unspecified atom stereocenters. The number of benzene rings is 3. The van der Waals surface area contributed by atoms with Crippen LogP contribution in [0.5, 0.6) is 0 Å². The second kappa shape index (κ2) is 6.96. The van der Waals surface area contributed by atoms with Gasteiger partial charge in [0.25, 0.3) is 0 Å². The molecule has 3 nitrogen and oxygen atoms in total. The average Bonchev–Trinajstić information content (AvgIpc) is 3.08. The number of hydrogen-bond acceptors (Lipinski definition) is 2. The Hall–Kier alpha value is -1.84. The van der Waals surface area contributed by atoms with Gasteiger partial charge in [0.05, 0.1) is 0 Å². The van der Waals surface area contributed by atoms with Gasteiger partial charge < -0.3 is 0 Å². The van der Waals surface area contributed by atoms with Crippen molar-refractivity contribution >= 4 is 50.6 Å². The van der Waals surface area contributed by atoms with Crippen molar-refractivity contribution in [1.29, 1.82) is 0 Å². The first kappa shape index (κ1) is 18.5. The van der Waals surface area contributed by atoms with Crippen LogP contribution in [-0.4, -0.2) is 31.4 Å². The van der Waals surface area contributed by atoms with Crippen molar-refractivity contribution in [3.63, 3.8) is 0 Å². The molecular weight excluding hydrogens is 599 g/mol. The van der Waals surface area contributed by atoms with Crippen molar-refractivity contribution in [2.45, 2.75) is 12.8 Å². The molecule has 0 N–H and O–H groups in total. The van der Waals surface area contributed by atoms with E-state index in [0.717, 1.165) is 9.81 Å². The van der Waals surface area contributed by atoms with E-state index in [1.54, 1.807) is 2.84 Å². The zero-order valence-electron chi connectivity index (χ0n) is 14.7. The van der Waals surface area contributed by atoms with Crippen LogP contribution in [0, 0.1) is 0 Å². The number of hydrogen-bond donors (Lipinski definition) is 0. The number of rotatable bonds is 4. The molecule has 136 valence electrons. The quantitative estimate of drug-likeness (QED) is 0.334. The first-order valence-corrected chi connectivity index (χ1v) is 23.1. The fourth-order valence-corrected chi connectivity index (χ4v) is 31.8. The number of nitrogens with zero attached hydrogens (tertiary/aromatic N) is 1. The van der Waals surface area contributed by atoms with E-state index in [-0.39, 0.29) is 24.7 Å². The van der Waals surface area contributed by atoms with E-state index in [4.69, 9.17) is 0 Å². The van der Waals surface area contributed by atoms with E-state index in [0.29, 0.717) is 0 Å². The van der Waals surface area contributed by atoms with Crippen molar-refractivity contribution in [2.75, 3.05) is 0 Å². The zero-order valence-corrected chi connectivity index (χ0v) is 19.7. The minimum absolute atomic E-state index is 0.0962. The van der Waals surface area contributed by atoms with Crippen LogP contribution < -0.4 is 9.81 Å². The molecule has 0 saturated carbocycles. The average molecular weight is 618 g/mol. The summed E-state index contributed by atoms with van der Waals surface area (Å²) in [6.45, 7) is 0. The summed E-state index contributed by atoms with van der Waals surface area (Å²) < 4.78 is 4.67. The summed E-state index contributed by atoms with van der Waals surface area (Å²) in [6, 6.07) is 30.0. The zero-order chi connectivity index (χ0) is 18.9. The van der Waals surface area contributed by atoms with E-state index >= 15 is 0 Å². The molecule has 4 rings (SSSR count). The van der Waals surface area contributed by atoms with Gasteiger partial charge in [-0.1, -0.05) is 0 Å². The Morgan fingerprint density at radius 2 is 0.889 bits per heavy atom. The number of carbonyl (C=O) groups is 2. The second-order valence-electron chi connectivity index (χ2n) is 6.57. The van der Waals surface area contributed by atoms with Crippen molar-refractivity contribution in [1.82, 2.24) is 2.84 Å². The fraction of sp³-hybridized carbons (Fsp3) is 0.0909. The summed E-state index contributed by atoms with van der Waals surface area (Å²) in [5.41, 5.74) is 0. The molecule has 1 saturated heterocycles. The molecule has 0 radical (unpaired) electrons. The van der Waals surface area contributed by atoms with Crippen LogP contribution in [-0.2, 0) is 9.59 Å². The molecule has 1 heterocycles. The van der Waals surface area contributed by atoms with Gasteiger partial charge in [0.2, 0.25) is 0 Å². The maximum absolute atomic E-state index is 13.1. The summed E-state index contributed by atoms with van der Waals surface area (Å²) in [7, 11) is 0. The van der Waals surface area contributed by atoms with E-state index < -0.39 is 16.7 Å². The molecule has 2 amide bonds. The molecule has 1 fully saturated rings. The van der Waals surface area contributed by atoms with Gasteiger partial charge in [-0.05, 0) is 0 Å². The van der Waals surface area contributed by atoms with E-state index in [2.05, 4.69) is 12.2 Å². The standard InChI is InChI=1S/3C6H5.C4H5NO2.Bi.BrH/c3*1-2-4-6-5-3-1;6-3-1-2-4(7)5-3;;/h3*1-5H;1-2H2,(H,5,6,7);;1H/q;;;;+2;/p-2. The van der Waals surface area contributed by atoms with Gasteiger partial charge in [-0.25, -0.2) is 0 Å². The van der Waals surface area contributed by atoms with Crippen LogP contribution in [0.3, 0.4) is 0 Å². The summed E-state index contributed by atoms with van der Waals surface area (Å²) in [5.74, 6) is -0.192. The van der Waals surface area contributed by atoms with Crippen LogP contribution in [0.25, 0.3) is 0 Å². The summed E-state index contributed by atoms with van der Waals surface area (Å²) >= 11 is -0.762. The van der Waals surface area contributed by atoms with Crippen molar-refractivity contribution in [2.24, 2.45) is 0 Å². The molecule has 0 spiro atoms. The van der Waals surface area contributed by atoms with Crippen LogP contribution >= 0.6 is 12.2 Å². The first-order valence-electron chi connectivity index (χ1n) is 8.83. The Morgan fingerprint density at radius 3 is 1.19 bits per heavy atom. The molecular formula is C22H19BiBrNO2. The maximum atomic E-state index is 13.1. The molecule has 3 aromatic rings. The van der Waals surface area contributed by atoms with Gasteiger partial charge in [0.15, 0.2) is 0 Å². The van der Waals surface area contributed by atoms with Crippen molar-refractivity contribution in [3.05, 3.63) is 91.0 Å². The first-order chi connectivity index (χ1) is 13.1. The van der Waals surface area contributed by atoms with Crippen LogP contribution in [0.1, 0.15) is 12.8 Å². The SMILES string of the molecule is O=C1CCC(=O)[N]1[Bi]([Br])([c]1ccccc1)([c]1ccccc1)[c]1ccccc1. The third-order valence-corrected chi connectivity index (χ3v) is 37.8. The normalized spacial score (nSPS) is 16.2. The molecule has 0 aliphatic carbocycles. The molecule has 1 aliphatic rings. The number of amides is 2. The summed E-state index contributed by atoms with van der Waals surface area (Å²) in [5, 5.41) is 0. The summed E-state index contributed by atoms with van der Waals surface area (Å²) in [6.07, 6.45) is 0.531. The Labute approximate surface area is 166 Å². The Balaban J connectivity index is 2.20. The third-order valence-electron chi connectivity index (χ3n) is 5.08. The topological polar surface area (TPSA) is 37.4 Å². The molecule has 0 aromatic heterocycles. The molecule has 0 atom stereocenters. The fourth-order valence-electron chi connectivity index (χ4n) is 3.88. The number of carbonyl (C=O) groups excluding carboxylic acids is 2. The van der Waals surface area contributed by atoms with Gasteiger partial charge >= 0.3 is 167 Å². The number of imide groups is 1. The Kier molecular flexibility index (Phi) is 4.77. The van der Waals surface area contributed by atoms with Gasteiger partial charge in [-0.3, -0.25) is 0 Å². The second-order valence-corrected chi connectivity index (χ2v) is 33.8. The van der Waals surface area contributed by atoms with E-state index in [1.165, 1.54) is 0 Å². The monoisotopic (exact) mass is 617 g/mol. The predicted octanol–water partition coefficient (Wildman–Crippen LogP) is 2.65. The minimum atomic E-state index is -4.99. The molecule has 27 heavy (non-hydrogen) atoms. The van der Waals surface area contributed by atoms with Gasteiger partial charge in [0, 0.05) is 0 Å². The summed E-state index contributed by atoms with van der Waals surface area (Å²) in [4.78, 5) is 26.2. The van der Waals surface area contributed by atoms with Gasteiger partial charge in [-0.15, -0.1) is 0 Å². The van der Waals surface area contributed by atoms with Gasteiger partial charge in [-0.2, -0.15) is 0 Å². The predicted molar refractivity (Wildman–Crippen MR) is 114 cm³/mol. The third kappa shape index (κ3) is 2.63. The Morgan fingerprint density at radius 1 is 0.593 bits per heavy atom. The number of halogens is 1.